The second-order valence-corrected chi connectivity index (χ2v) is 5.94. The van der Waals surface area contributed by atoms with E-state index in [0.717, 1.165) is 16.7 Å². The summed E-state index contributed by atoms with van der Waals surface area (Å²) < 4.78 is 10.4. The van der Waals surface area contributed by atoms with Crippen molar-refractivity contribution in [3.05, 3.63) is 28.7 Å². The Bertz CT molecular complexity index is 700. The van der Waals surface area contributed by atoms with Gasteiger partial charge in [0.05, 0.1) is 19.1 Å². The summed E-state index contributed by atoms with van der Waals surface area (Å²) in [6.45, 7) is 0.0975. The van der Waals surface area contributed by atoms with Crippen molar-refractivity contribution >= 4 is 35.0 Å². The van der Waals surface area contributed by atoms with Gasteiger partial charge in [-0.3, -0.25) is 19.3 Å². The van der Waals surface area contributed by atoms with Crippen LogP contribution in [0.4, 0.5) is 4.79 Å². The van der Waals surface area contributed by atoms with Crippen LogP contribution in [-0.2, 0) is 9.59 Å². The number of carbonyl (C=O) groups is 3. The smallest absolute Gasteiger partial charge is 0.303 e. The summed E-state index contributed by atoms with van der Waals surface area (Å²) in [5.74, 6) is -0.281. The molecule has 0 spiro atoms. The van der Waals surface area contributed by atoms with Crippen molar-refractivity contribution in [3.8, 4) is 11.5 Å². The third-order valence-electron chi connectivity index (χ3n) is 3.35. The molecular formula is C16H17NO6S. The third kappa shape index (κ3) is 4.08. The van der Waals surface area contributed by atoms with E-state index >= 15 is 0 Å². The summed E-state index contributed by atoms with van der Waals surface area (Å²) in [7, 11) is 3.04. The summed E-state index contributed by atoms with van der Waals surface area (Å²) >= 11 is 0.838. The maximum Gasteiger partial charge on any atom is 0.303 e. The maximum atomic E-state index is 12.3. The Morgan fingerprint density at radius 3 is 2.58 bits per heavy atom. The molecule has 0 bridgehead atoms. The number of imide groups is 1. The number of carbonyl (C=O) groups excluding carboxylic acids is 2. The molecular weight excluding hydrogens is 334 g/mol. The van der Waals surface area contributed by atoms with Gasteiger partial charge in [0.25, 0.3) is 11.1 Å². The number of benzene rings is 1. The Balaban J connectivity index is 2.14. The molecule has 1 aliphatic rings. The van der Waals surface area contributed by atoms with E-state index in [-0.39, 0.29) is 19.4 Å². The highest BCUT2D eigenvalue weighted by Gasteiger charge is 2.34. The lowest BCUT2D eigenvalue weighted by Crippen LogP contribution is -2.29. The minimum Gasteiger partial charge on any atom is -0.493 e. The zero-order chi connectivity index (χ0) is 17.7. The van der Waals surface area contributed by atoms with Gasteiger partial charge in [-0.2, -0.15) is 0 Å². The van der Waals surface area contributed by atoms with Crippen LogP contribution in [0.5, 0.6) is 11.5 Å². The summed E-state index contributed by atoms with van der Waals surface area (Å²) in [5.41, 5.74) is 0.698. The number of amides is 2. The van der Waals surface area contributed by atoms with E-state index < -0.39 is 17.1 Å². The molecule has 1 N–H and O–H groups in total. The Labute approximate surface area is 143 Å². The molecule has 1 saturated heterocycles. The molecule has 1 aliphatic heterocycles. The number of rotatable bonds is 7. The van der Waals surface area contributed by atoms with Crippen LogP contribution >= 0.6 is 11.8 Å². The van der Waals surface area contributed by atoms with Gasteiger partial charge >= 0.3 is 5.97 Å². The van der Waals surface area contributed by atoms with Crippen LogP contribution in [0.1, 0.15) is 18.4 Å². The second-order valence-electron chi connectivity index (χ2n) is 4.95. The van der Waals surface area contributed by atoms with Crippen LogP contribution in [0.3, 0.4) is 0 Å². The number of nitrogens with zero attached hydrogens (tertiary/aromatic N) is 1. The Morgan fingerprint density at radius 1 is 1.25 bits per heavy atom. The summed E-state index contributed by atoms with van der Waals surface area (Å²) in [6.07, 6.45) is 1.75. The number of hydrogen-bond acceptors (Lipinski definition) is 6. The van der Waals surface area contributed by atoms with Crippen molar-refractivity contribution in [1.29, 1.82) is 0 Å². The molecule has 2 amide bonds. The zero-order valence-corrected chi connectivity index (χ0v) is 14.1. The lowest BCUT2D eigenvalue weighted by molar-refractivity contribution is -0.137. The normalized spacial score (nSPS) is 15.9. The largest absolute Gasteiger partial charge is 0.493 e. The fraction of sp³-hybridized carbons (Fsp3) is 0.312. The van der Waals surface area contributed by atoms with E-state index in [1.807, 2.05) is 0 Å². The minimum absolute atomic E-state index is 0.0869. The van der Waals surface area contributed by atoms with Gasteiger partial charge in [-0.05, 0) is 42.0 Å². The first-order chi connectivity index (χ1) is 11.5. The molecule has 0 aromatic heterocycles. The van der Waals surface area contributed by atoms with Gasteiger partial charge < -0.3 is 14.6 Å². The highest BCUT2D eigenvalue weighted by molar-refractivity contribution is 8.18. The van der Waals surface area contributed by atoms with E-state index in [9.17, 15) is 14.4 Å². The van der Waals surface area contributed by atoms with Crippen LogP contribution in [-0.4, -0.2) is 47.9 Å². The molecule has 1 fully saturated rings. The lowest BCUT2D eigenvalue weighted by atomic mass is 10.2. The van der Waals surface area contributed by atoms with Gasteiger partial charge in [0.15, 0.2) is 11.5 Å². The van der Waals surface area contributed by atoms with Crippen LogP contribution < -0.4 is 9.47 Å². The van der Waals surface area contributed by atoms with E-state index in [1.165, 1.54) is 14.2 Å². The van der Waals surface area contributed by atoms with Crippen LogP contribution in [0.15, 0.2) is 23.1 Å². The Hall–Kier alpha value is -2.48. The Morgan fingerprint density at radius 2 is 1.96 bits per heavy atom. The van der Waals surface area contributed by atoms with Gasteiger partial charge in [-0.15, -0.1) is 0 Å². The molecule has 24 heavy (non-hydrogen) atoms. The van der Waals surface area contributed by atoms with E-state index in [1.54, 1.807) is 24.3 Å². The number of carboxylic acids is 1. The van der Waals surface area contributed by atoms with E-state index in [0.29, 0.717) is 22.0 Å². The fourth-order valence-corrected chi connectivity index (χ4v) is 3.04. The number of aliphatic carboxylic acids is 1. The van der Waals surface area contributed by atoms with Crippen LogP contribution in [0, 0.1) is 0 Å². The minimum atomic E-state index is -0.956. The van der Waals surface area contributed by atoms with Gasteiger partial charge in [0, 0.05) is 13.0 Å². The molecule has 0 unspecified atom stereocenters. The van der Waals surface area contributed by atoms with Crippen LogP contribution in [0.2, 0.25) is 0 Å². The molecule has 2 rings (SSSR count). The second kappa shape index (κ2) is 7.87. The average molecular weight is 351 g/mol. The van der Waals surface area contributed by atoms with Gasteiger partial charge in [0.2, 0.25) is 0 Å². The molecule has 0 aliphatic carbocycles. The number of carboxylic acid groups (broad SMARTS) is 1. The molecule has 8 heteroatoms. The number of ether oxygens (including phenoxy) is 2. The van der Waals surface area contributed by atoms with Crippen LogP contribution in [0.25, 0.3) is 6.08 Å². The molecule has 7 nitrogen and oxygen atoms in total. The van der Waals surface area contributed by atoms with Crippen molar-refractivity contribution in [3.63, 3.8) is 0 Å². The SMILES string of the molecule is COc1ccc(/C=C2\SC(=O)N(CCCC(=O)O)C2=O)cc1OC. The maximum absolute atomic E-state index is 12.3. The highest BCUT2D eigenvalue weighted by atomic mass is 32.2. The Kier molecular flexibility index (Phi) is 5.86. The van der Waals surface area contributed by atoms with Gasteiger partial charge in [0.1, 0.15) is 0 Å². The highest BCUT2D eigenvalue weighted by Crippen LogP contribution is 2.34. The number of methoxy groups -OCH3 is 2. The predicted octanol–water partition coefficient (Wildman–Crippen LogP) is 2.60. The van der Waals surface area contributed by atoms with E-state index in [2.05, 4.69) is 0 Å². The standard InChI is InChI=1S/C16H17NO6S/c1-22-11-6-5-10(8-12(11)23-2)9-13-15(20)17(16(21)24-13)7-3-4-14(18)19/h5-6,8-9H,3-4,7H2,1-2H3,(H,18,19)/b13-9-. The topological polar surface area (TPSA) is 93.1 Å². The molecule has 1 heterocycles. The fourth-order valence-electron chi connectivity index (χ4n) is 2.18. The van der Waals surface area contributed by atoms with Crippen molar-refractivity contribution in [2.24, 2.45) is 0 Å². The molecule has 1 aromatic rings. The van der Waals surface area contributed by atoms with Crippen molar-refractivity contribution in [2.45, 2.75) is 12.8 Å². The summed E-state index contributed by atoms with van der Waals surface area (Å²) in [5, 5.41) is 8.24. The molecule has 1 aromatic carbocycles. The van der Waals surface area contributed by atoms with Gasteiger partial charge in [-0.25, -0.2) is 0 Å². The monoisotopic (exact) mass is 351 g/mol. The average Bonchev–Trinajstić information content (AvgIpc) is 2.81. The summed E-state index contributed by atoms with van der Waals surface area (Å²) in [6, 6.07) is 5.17. The first kappa shape index (κ1) is 17.9. The molecule has 0 radical (unpaired) electrons. The zero-order valence-electron chi connectivity index (χ0n) is 13.3. The van der Waals surface area contributed by atoms with Crippen molar-refractivity contribution in [1.82, 2.24) is 4.90 Å². The molecule has 128 valence electrons. The first-order valence-electron chi connectivity index (χ1n) is 7.15. The lowest BCUT2D eigenvalue weighted by Gasteiger charge is -2.11. The number of thioether (sulfide) groups is 1. The quantitative estimate of drug-likeness (QED) is 0.755. The number of hydrogen-bond donors (Lipinski definition) is 1. The van der Waals surface area contributed by atoms with Crippen molar-refractivity contribution < 1.29 is 29.0 Å². The first-order valence-corrected chi connectivity index (χ1v) is 7.97. The van der Waals surface area contributed by atoms with E-state index in [4.69, 9.17) is 14.6 Å². The van der Waals surface area contributed by atoms with Crippen molar-refractivity contribution in [2.75, 3.05) is 20.8 Å². The third-order valence-corrected chi connectivity index (χ3v) is 4.26. The molecule has 0 saturated carbocycles. The summed E-state index contributed by atoms with van der Waals surface area (Å²) in [4.78, 5) is 36.1. The molecule has 0 atom stereocenters. The van der Waals surface area contributed by atoms with Gasteiger partial charge in [-0.1, -0.05) is 6.07 Å². The predicted molar refractivity (Wildman–Crippen MR) is 89.1 cm³/mol.